The van der Waals surface area contributed by atoms with E-state index in [9.17, 15) is 4.39 Å². The summed E-state index contributed by atoms with van der Waals surface area (Å²) < 4.78 is 19.4. The van der Waals surface area contributed by atoms with E-state index in [0.717, 1.165) is 18.7 Å². The molecular weight excluding hydrogens is 265 g/mol. The minimum atomic E-state index is -0.329. The highest BCUT2D eigenvalue weighted by Gasteiger charge is 2.12. The topological polar surface area (TPSA) is 25.2 Å². The number of benzene rings is 1. The van der Waals surface area contributed by atoms with E-state index >= 15 is 0 Å². The molecule has 1 unspecified atom stereocenters. The predicted octanol–water partition coefficient (Wildman–Crippen LogP) is 4.28. The van der Waals surface area contributed by atoms with Crippen LogP contribution in [-0.2, 0) is 6.42 Å². The van der Waals surface area contributed by atoms with Crippen molar-refractivity contribution in [2.24, 2.45) is 0 Å². The maximum absolute atomic E-state index is 13.7. The molecule has 0 aliphatic heterocycles. The fourth-order valence-electron chi connectivity index (χ4n) is 2.04. The molecule has 1 aromatic carbocycles. The normalized spacial score (nSPS) is 12.6. The molecule has 19 heavy (non-hydrogen) atoms. The summed E-state index contributed by atoms with van der Waals surface area (Å²) in [5, 5.41) is 3.80. The summed E-state index contributed by atoms with van der Waals surface area (Å²) in [4.78, 5) is 0. The lowest BCUT2D eigenvalue weighted by Crippen LogP contribution is -2.27. The first-order valence-corrected chi connectivity index (χ1v) is 6.75. The Labute approximate surface area is 117 Å². The van der Waals surface area contributed by atoms with Gasteiger partial charge in [-0.1, -0.05) is 18.5 Å². The lowest BCUT2D eigenvalue weighted by atomic mass is 10.1. The predicted molar refractivity (Wildman–Crippen MR) is 76.0 cm³/mol. The zero-order valence-corrected chi connectivity index (χ0v) is 11.8. The molecule has 1 aromatic heterocycles. The number of hydrogen-bond donors (Lipinski definition) is 1. The van der Waals surface area contributed by atoms with Crippen molar-refractivity contribution in [1.82, 2.24) is 5.32 Å². The van der Waals surface area contributed by atoms with Crippen LogP contribution in [0.2, 0.25) is 5.02 Å². The summed E-state index contributed by atoms with van der Waals surface area (Å²) in [6.07, 6.45) is 0.774. The Morgan fingerprint density at radius 3 is 2.84 bits per heavy atom. The van der Waals surface area contributed by atoms with Gasteiger partial charge >= 0.3 is 0 Å². The molecule has 2 aromatic rings. The molecule has 0 fully saturated rings. The van der Waals surface area contributed by atoms with Crippen molar-refractivity contribution in [2.75, 3.05) is 6.54 Å². The fourth-order valence-corrected chi connectivity index (χ4v) is 2.21. The van der Waals surface area contributed by atoms with E-state index in [0.29, 0.717) is 22.4 Å². The number of furan rings is 1. The van der Waals surface area contributed by atoms with Gasteiger partial charge in [0.15, 0.2) is 0 Å². The first-order chi connectivity index (χ1) is 9.10. The van der Waals surface area contributed by atoms with Crippen LogP contribution in [0.4, 0.5) is 4.39 Å². The third-order valence-electron chi connectivity index (χ3n) is 2.92. The molecule has 0 radical (unpaired) electrons. The molecule has 2 rings (SSSR count). The molecule has 0 saturated heterocycles. The van der Waals surface area contributed by atoms with Crippen LogP contribution in [0.1, 0.15) is 19.6 Å². The number of hydrogen-bond acceptors (Lipinski definition) is 2. The van der Waals surface area contributed by atoms with Crippen LogP contribution in [0.3, 0.4) is 0 Å². The van der Waals surface area contributed by atoms with E-state index in [-0.39, 0.29) is 5.82 Å². The van der Waals surface area contributed by atoms with Gasteiger partial charge in [-0.25, -0.2) is 4.39 Å². The summed E-state index contributed by atoms with van der Waals surface area (Å²) in [7, 11) is 0. The van der Waals surface area contributed by atoms with Crippen LogP contribution in [0.25, 0.3) is 11.3 Å². The summed E-state index contributed by atoms with van der Waals surface area (Å²) in [6, 6.07) is 8.44. The van der Waals surface area contributed by atoms with E-state index in [4.69, 9.17) is 16.0 Å². The van der Waals surface area contributed by atoms with E-state index in [1.165, 1.54) is 12.1 Å². The van der Waals surface area contributed by atoms with Gasteiger partial charge in [0, 0.05) is 17.5 Å². The largest absolute Gasteiger partial charge is 0.461 e. The molecule has 0 aliphatic carbocycles. The molecule has 0 aliphatic rings. The number of likely N-dealkylation sites (N-methyl/N-ethyl adjacent to an activating group) is 1. The second kappa shape index (κ2) is 6.22. The average Bonchev–Trinajstić information content (AvgIpc) is 2.81. The highest BCUT2D eigenvalue weighted by molar-refractivity contribution is 6.30. The van der Waals surface area contributed by atoms with Gasteiger partial charge in [0.25, 0.3) is 0 Å². The van der Waals surface area contributed by atoms with Gasteiger partial charge in [0.05, 0.1) is 5.56 Å². The third kappa shape index (κ3) is 3.58. The lowest BCUT2D eigenvalue weighted by Gasteiger charge is -2.09. The van der Waals surface area contributed by atoms with Gasteiger partial charge in [-0.3, -0.25) is 0 Å². The summed E-state index contributed by atoms with van der Waals surface area (Å²) >= 11 is 5.88. The summed E-state index contributed by atoms with van der Waals surface area (Å²) in [6.45, 7) is 5.06. The molecule has 1 N–H and O–H groups in total. The molecule has 0 amide bonds. The molecule has 2 nitrogen and oxygen atoms in total. The Bertz CT molecular complexity index is 553. The fraction of sp³-hybridized carbons (Fsp3) is 0.333. The van der Waals surface area contributed by atoms with Gasteiger partial charge in [-0.05, 0) is 43.8 Å². The highest BCUT2D eigenvalue weighted by Crippen LogP contribution is 2.28. The summed E-state index contributed by atoms with van der Waals surface area (Å²) in [5.41, 5.74) is 0.398. The maximum atomic E-state index is 13.7. The number of halogens is 2. The first kappa shape index (κ1) is 14.1. The van der Waals surface area contributed by atoms with Crippen molar-refractivity contribution in [2.45, 2.75) is 26.3 Å². The SMILES string of the molecule is CCNC(C)Cc1ccc(-c2cc(Cl)ccc2F)o1. The first-order valence-electron chi connectivity index (χ1n) is 6.37. The smallest absolute Gasteiger partial charge is 0.137 e. The van der Waals surface area contributed by atoms with Gasteiger partial charge < -0.3 is 9.73 Å². The second-order valence-corrected chi connectivity index (χ2v) is 4.99. The maximum Gasteiger partial charge on any atom is 0.137 e. The van der Waals surface area contributed by atoms with Crippen molar-refractivity contribution in [1.29, 1.82) is 0 Å². The van der Waals surface area contributed by atoms with E-state index < -0.39 is 0 Å². The van der Waals surface area contributed by atoms with E-state index in [2.05, 4.69) is 19.2 Å². The molecule has 0 spiro atoms. The van der Waals surface area contributed by atoms with Crippen LogP contribution >= 0.6 is 11.6 Å². The van der Waals surface area contributed by atoms with Crippen molar-refractivity contribution in [3.05, 3.63) is 46.9 Å². The van der Waals surface area contributed by atoms with Crippen LogP contribution in [0, 0.1) is 5.82 Å². The molecule has 102 valence electrons. The minimum absolute atomic E-state index is 0.327. The number of nitrogens with one attached hydrogen (secondary N) is 1. The van der Waals surface area contributed by atoms with Crippen LogP contribution in [-0.4, -0.2) is 12.6 Å². The molecule has 4 heteroatoms. The Balaban J connectivity index is 2.18. The number of rotatable bonds is 5. The van der Waals surface area contributed by atoms with Gasteiger partial charge in [-0.2, -0.15) is 0 Å². The van der Waals surface area contributed by atoms with E-state index in [1.54, 1.807) is 12.1 Å². The van der Waals surface area contributed by atoms with E-state index in [1.807, 2.05) is 6.07 Å². The molecule has 0 saturated carbocycles. The van der Waals surface area contributed by atoms with Crippen molar-refractivity contribution in [3.63, 3.8) is 0 Å². The van der Waals surface area contributed by atoms with Crippen molar-refractivity contribution < 1.29 is 8.81 Å². The highest BCUT2D eigenvalue weighted by atomic mass is 35.5. The second-order valence-electron chi connectivity index (χ2n) is 4.55. The zero-order valence-electron chi connectivity index (χ0n) is 11.0. The third-order valence-corrected chi connectivity index (χ3v) is 3.15. The minimum Gasteiger partial charge on any atom is -0.461 e. The Hall–Kier alpha value is -1.32. The Morgan fingerprint density at radius 1 is 1.32 bits per heavy atom. The Morgan fingerprint density at radius 2 is 2.11 bits per heavy atom. The quantitative estimate of drug-likeness (QED) is 0.885. The summed E-state index contributed by atoms with van der Waals surface area (Å²) in [5.74, 6) is 1.02. The molecule has 1 heterocycles. The van der Waals surface area contributed by atoms with Crippen LogP contribution < -0.4 is 5.32 Å². The van der Waals surface area contributed by atoms with Gasteiger partial charge in [0.2, 0.25) is 0 Å². The van der Waals surface area contributed by atoms with Crippen molar-refractivity contribution >= 4 is 11.6 Å². The van der Waals surface area contributed by atoms with Crippen LogP contribution in [0.5, 0.6) is 0 Å². The monoisotopic (exact) mass is 281 g/mol. The van der Waals surface area contributed by atoms with Crippen LogP contribution in [0.15, 0.2) is 34.7 Å². The average molecular weight is 282 g/mol. The van der Waals surface area contributed by atoms with Crippen molar-refractivity contribution in [3.8, 4) is 11.3 Å². The van der Waals surface area contributed by atoms with Gasteiger partial charge in [-0.15, -0.1) is 0 Å². The molecular formula is C15H17ClFNO. The molecule has 1 atom stereocenters. The zero-order chi connectivity index (χ0) is 13.8. The Kier molecular flexibility index (Phi) is 4.61. The standard InChI is InChI=1S/C15H17ClFNO/c1-3-18-10(2)8-12-5-7-15(19-12)13-9-11(16)4-6-14(13)17/h4-7,9-10,18H,3,8H2,1-2H3. The lowest BCUT2D eigenvalue weighted by molar-refractivity contribution is 0.468. The van der Waals surface area contributed by atoms with Gasteiger partial charge in [0.1, 0.15) is 17.3 Å². The molecule has 0 bridgehead atoms.